The molecular weight excluding hydrogens is 550 g/mol. The van der Waals surface area contributed by atoms with Gasteiger partial charge in [0, 0.05) is 19.3 Å². The van der Waals surface area contributed by atoms with Gasteiger partial charge in [0.15, 0.2) is 0 Å². The Labute approximate surface area is 283 Å². The van der Waals surface area contributed by atoms with Crippen LogP contribution in [0.15, 0.2) is 24.3 Å². The number of ketones is 2. The van der Waals surface area contributed by atoms with E-state index in [1.54, 1.807) is 0 Å². The van der Waals surface area contributed by atoms with E-state index in [0.29, 0.717) is 23.7 Å². The van der Waals surface area contributed by atoms with Gasteiger partial charge in [-0.05, 0) is 64.2 Å². The summed E-state index contributed by atoms with van der Waals surface area (Å²) in [6.45, 7) is 6.59. The largest absolute Gasteiger partial charge is 0.314 e. The van der Waals surface area contributed by atoms with E-state index in [1.807, 2.05) is 28.1 Å². The first-order chi connectivity index (χ1) is 21.8. The summed E-state index contributed by atoms with van der Waals surface area (Å²) in [6.07, 6.45) is 43.7. The maximum atomic E-state index is 13.6. The van der Waals surface area contributed by atoms with E-state index in [4.69, 9.17) is 0 Å². The molecule has 0 saturated heterocycles. The lowest BCUT2D eigenvalue weighted by Gasteiger charge is -2.43. The molecule has 45 heavy (non-hydrogen) atoms. The van der Waals surface area contributed by atoms with Crippen LogP contribution < -0.4 is 0 Å². The molecule has 0 aliphatic rings. The van der Waals surface area contributed by atoms with Crippen LogP contribution in [0.25, 0.3) is 0 Å². The lowest BCUT2D eigenvalue weighted by atomic mass is 9.79. The van der Waals surface area contributed by atoms with Gasteiger partial charge in [0.1, 0.15) is 0 Å². The summed E-state index contributed by atoms with van der Waals surface area (Å²) >= 11 is 0. The van der Waals surface area contributed by atoms with Gasteiger partial charge in [-0.1, -0.05) is 148 Å². The summed E-state index contributed by atoms with van der Waals surface area (Å²) in [5.41, 5.74) is -0.887. The van der Waals surface area contributed by atoms with Gasteiger partial charge in [-0.3, -0.25) is 9.59 Å². The first kappa shape index (κ1) is 43.8. The van der Waals surface area contributed by atoms with Crippen molar-refractivity contribution < 1.29 is 14.1 Å². The summed E-state index contributed by atoms with van der Waals surface area (Å²) in [7, 11) is 6.12. The second kappa shape index (κ2) is 30.1. The third kappa shape index (κ3) is 22.1. The molecule has 0 aromatic carbocycles. The molecule has 0 rings (SSSR count). The molecule has 0 amide bonds. The average Bonchev–Trinajstić information content (AvgIpc) is 3.01. The number of hydrogen-bond acceptors (Lipinski definition) is 2. The summed E-state index contributed by atoms with van der Waals surface area (Å²) in [5.74, 6) is 0.348. The molecule has 0 atom stereocenters. The Hall–Kier alpha value is -1.22. The fraction of sp³-hybridized carbons (Fsp3) is 0.857. The van der Waals surface area contributed by atoms with Crippen molar-refractivity contribution in [3.8, 4) is 0 Å². The number of carbonyl (C=O) groups excluding carboxylic acids is 2. The lowest BCUT2D eigenvalue weighted by molar-refractivity contribution is -0.902. The van der Waals surface area contributed by atoms with E-state index in [2.05, 4.69) is 38.2 Å². The Bertz CT molecular complexity index is 692. The molecule has 0 heterocycles. The molecule has 0 saturated carbocycles. The minimum absolute atomic E-state index is 0.174. The number of Topliss-reactive ketones (excluding diaryl/α,β-unsaturated/α-hetero) is 2. The molecular formula is C42H80NO2+. The van der Waals surface area contributed by atoms with E-state index in [1.165, 1.54) is 141 Å². The molecule has 0 fully saturated rings. The summed E-state index contributed by atoms with van der Waals surface area (Å²) in [5, 5.41) is 0. The minimum atomic E-state index is -0.887. The first-order valence-corrected chi connectivity index (χ1v) is 20.0. The van der Waals surface area contributed by atoms with Gasteiger partial charge in [-0.25, -0.2) is 0 Å². The number of rotatable bonds is 34. The Morgan fingerprint density at radius 2 is 0.689 bits per heavy atom. The highest BCUT2D eigenvalue weighted by Gasteiger charge is 2.53. The Morgan fingerprint density at radius 1 is 0.422 bits per heavy atom. The van der Waals surface area contributed by atoms with Crippen LogP contribution in [0.2, 0.25) is 0 Å². The number of carbonyl (C=O) groups is 2. The molecule has 3 heteroatoms. The molecule has 0 spiro atoms. The zero-order valence-corrected chi connectivity index (χ0v) is 31.6. The van der Waals surface area contributed by atoms with Gasteiger partial charge >= 0.3 is 0 Å². The number of unbranched alkanes of at least 4 members (excludes halogenated alkanes) is 22. The molecule has 264 valence electrons. The van der Waals surface area contributed by atoms with Gasteiger partial charge in [-0.2, -0.15) is 0 Å². The Morgan fingerprint density at radius 3 is 0.956 bits per heavy atom. The first-order valence-electron chi connectivity index (χ1n) is 20.0. The highest BCUT2D eigenvalue weighted by atomic mass is 16.2. The molecule has 0 aromatic heterocycles. The van der Waals surface area contributed by atoms with Crippen LogP contribution in [0.4, 0.5) is 0 Å². The van der Waals surface area contributed by atoms with Gasteiger partial charge in [0.25, 0.3) is 0 Å². The third-order valence-electron chi connectivity index (χ3n) is 9.91. The number of hydrogen-bond donors (Lipinski definition) is 0. The van der Waals surface area contributed by atoms with Crippen molar-refractivity contribution >= 4 is 11.6 Å². The van der Waals surface area contributed by atoms with Crippen LogP contribution >= 0.6 is 0 Å². The number of likely N-dealkylation sites (N-methyl/N-ethyl adjacent to an activating group) is 1. The molecule has 0 aliphatic heterocycles. The second-order valence-corrected chi connectivity index (χ2v) is 14.7. The Balaban J connectivity index is 4.17. The fourth-order valence-corrected chi connectivity index (χ4v) is 6.90. The highest BCUT2D eigenvalue weighted by molar-refractivity contribution is 6.10. The zero-order chi connectivity index (χ0) is 33.5. The maximum Gasteiger partial charge on any atom is 0.216 e. The molecule has 0 aromatic rings. The smallest absolute Gasteiger partial charge is 0.216 e. The van der Waals surface area contributed by atoms with Crippen molar-refractivity contribution in [3.05, 3.63) is 24.3 Å². The Kier molecular flexibility index (Phi) is 29.3. The zero-order valence-electron chi connectivity index (χ0n) is 31.6. The standard InChI is InChI=1S/C42H80NO2/c1-7-10-12-14-16-18-20-22-24-26-28-30-32-34-36-38-40(44)42(9-3,43(4,5)6)41(45)39-37-35-33-31-29-27-25-23-21-19-17-15-13-11-8-2/h22-25H,7-21,26-39H2,1-6H3/q+1. The SMILES string of the molecule is CCCCCCCCC=CCCCCCCCC(=O)C(CC)(C(=O)CCCCCCCC=CCCCCCCCC)[N+](C)(C)C. The molecule has 3 nitrogen and oxygen atoms in total. The van der Waals surface area contributed by atoms with Crippen molar-refractivity contribution in [1.82, 2.24) is 0 Å². The predicted octanol–water partition coefficient (Wildman–Crippen LogP) is 13.1. The minimum Gasteiger partial charge on any atom is -0.314 e. The van der Waals surface area contributed by atoms with Crippen LogP contribution in [0.5, 0.6) is 0 Å². The van der Waals surface area contributed by atoms with E-state index in [9.17, 15) is 9.59 Å². The second-order valence-electron chi connectivity index (χ2n) is 14.7. The van der Waals surface area contributed by atoms with Crippen molar-refractivity contribution in [2.75, 3.05) is 21.1 Å². The normalized spacial score (nSPS) is 13.6. The van der Waals surface area contributed by atoms with Gasteiger partial charge < -0.3 is 4.48 Å². The maximum absolute atomic E-state index is 13.6. The van der Waals surface area contributed by atoms with E-state index in [0.717, 1.165) is 25.7 Å². The quantitative estimate of drug-likeness (QED) is 0.0307. The van der Waals surface area contributed by atoms with Crippen molar-refractivity contribution in [2.24, 2.45) is 0 Å². The van der Waals surface area contributed by atoms with Crippen LogP contribution in [-0.4, -0.2) is 42.7 Å². The molecule has 0 N–H and O–H groups in total. The third-order valence-corrected chi connectivity index (χ3v) is 9.91. The van der Waals surface area contributed by atoms with Gasteiger partial charge in [0.2, 0.25) is 17.1 Å². The summed E-state index contributed by atoms with van der Waals surface area (Å²) in [4.78, 5) is 27.3. The summed E-state index contributed by atoms with van der Waals surface area (Å²) in [6, 6.07) is 0. The molecule has 0 radical (unpaired) electrons. The predicted molar refractivity (Wildman–Crippen MR) is 200 cm³/mol. The van der Waals surface area contributed by atoms with Crippen molar-refractivity contribution in [2.45, 2.75) is 213 Å². The topological polar surface area (TPSA) is 34.1 Å². The van der Waals surface area contributed by atoms with Crippen LogP contribution in [-0.2, 0) is 9.59 Å². The molecule has 0 aliphatic carbocycles. The van der Waals surface area contributed by atoms with Crippen molar-refractivity contribution in [1.29, 1.82) is 0 Å². The van der Waals surface area contributed by atoms with Crippen LogP contribution in [0.3, 0.4) is 0 Å². The van der Waals surface area contributed by atoms with Gasteiger partial charge in [-0.15, -0.1) is 0 Å². The number of nitrogens with zero attached hydrogens (tertiary/aromatic N) is 1. The highest BCUT2D eigenvalue weighted by Crippen LogP contribution is 2.30. The lowest BCUT2D eigenvalue weighted by Crippen LogP contribution is -2.66. The monoisotopic (exact) mass is 631 g/mol. The van der Waals surface area contributed by atoms with E-state index >= 15 is 0 Å². The summed E-state index contributed by atoms with van der Waals surface area (Å²) < 4.78 is 0.414. The van der Waals surface area contributed by atoms with E-state index in [-0.39, 0.29) is 11.6 Å². The van der Waals surface area contributed by atoms with Crippen LogP contribution in [0, 0.1) is 0 Å². The molecule has 0 bridgehead atoms. The number of allylic oxidation sites excluding steroid dienone is 4. The van der Waals surface area contributed by atoms with Crippen LogP contribution in [0.1, 0.15) is 207 Å². The van der Waals surface area contributed by atoms with Crippen molar-refractivity contribution in [3.63, 3.8) is 0 Å². The number of quaternary nitrogens is 1. The fourth-order valence-electron chi connectivity index (χ4n) is 6.90. The average molecular weight is 631 g/mol. The molecule has 0 unspecified atom stereocenters. The van der Waals surface area contributed by atoms with Gasteiger partial charge in [0.05, 0.1) is 21.1 Å². The van der Waals surface area contributed by atoms with E-state index < -0.39 is 5.54 Å².